The van der Waals surface area contributed by atoms with Gasteiger partial charge in [0.25, 0.3) is 5.56 Å². The SMILES string of the molecule is CC(C)(C)c1cc2cc(OC/C(=C/F)CN)ccc2c(=O)[nH]1. The highest BCUT2D eigenvalue weighted by molar-refractivity contribution is 5.83. The highest BCUT2D eigenvalue weighted by Gasteiger charge is 2.16. The number of hydrogen-bond donors (Lipinski definition) is 2. The third-order valence-corrected chi connectivity index (χ3v) is 3.46. The number of hydrogen-bond acceptors (Lipinski definition) is 3. The van der Waals surface area contributed by atoms with Crippen molar-refractivity contribution < 1.29 is 9.13 Å². The Bertz CT molecular complexity index is 757. The molecule has 1 aromatic carbocycles. The Labute approximate surface area is 128 Å². The van der Waals surface area contributed by atoms with Gasteiger partial charge in [0, 0.05) is 28.6 Å². The maximum atomic E-state index is 12.5. The van der Waals surface area contributed by atoms with Gasteiger partial charge in [-0.1, -0.05) is 20.8 Å². The number of aromatic amines is 1. The predicted molar refractivity (Wildman–Crippen MR) is 87.0 cm³/mol. The van der Waals surface area contributed by atoms with Gasteiger partial charge in [0.2, 0.25) is 0 Å². The molecule has 0 aliphatic heterocycles. The summed E-state index contributed by atoms with van der Waals surface area (Å²) in [6.07, 6.45) is 0.462. The normalized spacial score (nSPS) is 12.7. The average Bonchev–Trinajstić information content (AvgIpc) is 2.47. The summed E-state index contributed by atoms with van der Waals surface area (Å²) in [5, 5.41) is 1.39. The fourth-order valence-corrected chi connectivity index (χ4v) is 2.05. The van der Waals surface area contributed by atoms with E-state index in [9.17, 15) is 9.18 Å². The number of halogens is 1. The summed E-state index contributed by atoms with van der Waals surface area (Å²) >= 11 is 0. The number of pyridine rings is 1. The largest absolute Gasteiger partial charge is 0.489 e. The van der Waals surface area contributed by atoms with Crippen LogP contribution in [-0.2, 0) is 5.41 Å². The smallest absolute Gasteiger partial charge is 0.256 e. The van der Waals surface area contributed by atoms with Crippen LogP contribution in [0.15, 0.2) is 41.0 Å². The van der Waals surface area contributed by atoms with Crippen molar-refractivity contribution in [3.8, 4) is 5.75 Å². The van der Waals surface area contributed by atoms with Gasteiger partial charge in [-0.05, 0) is 29.7 Å². The molecule has 0 saturated heterocycles. The first-order chi connectivity index (χ1) is 10.3. The van der Waals surface area contributed by atoms with E-state index in [0.717, 1.165) is 11.1 Å². The van der Waals surface area contributed by atoms with Gasteiger partial charge in [0.1, 0.15) is 12.4 Å². The van der Waals surface area contributed by atoms with Gasteiger partial charge in [-0.25, -0.2) is 4.39 Å². The van der Waals surface area contributed by atoms with E-state index in [1.54, 1.807) is 18.2 Å². The third-order valence-electron chi connectivity index (χ3n) is 3.46. The second kappa shape index (κ2) is 6.32. The fraction of sp³-hybridized carbons (Fsp3) is 0.353. The Morgan fingerprint density at radius 3 is 2.68 bits per heavy atom. The van der Waals surface area contributed by atoms with Crippen LogP contribution in [0.4, 0.5) is 4.39 Å². The first-order valence-corrected chi connectivity index (χ1v) is 7.13. The number of benzene rings is 1. The lowest BCUT2D eigenvalue weighted by Crippen LogP contribution is -2.19. The van der Waals surface area contributed by atoms with Crippen molar-refractivity contribution in [3.63, 3.8) is 0 Å². The standard InChI is InChI=1S/C17H21FN2O2/c1-17(2,3)15-7-12-6-13(22-10-11(8-18)9-19)4-5-14(12)16(21)20-15/h4-8H,9-10,19H2,1-3H3,(H,20,21)/b11-8+. The van der Waals surface area contributed by atoms with E-state index in [2.05, 4.69) is 4.98 Å². The van der Waals surface area contributed by atoms with Crippen molar-refractivity contribution in [1.29, 1.82) is 0 Å². The molecule has 0 unspecified atom stereocenters. The maximum absolute atomic E-state index is 12.5. The average molecular weight is 304 g/mol. The molecule has 0 spiro atoms. The summed E-state index contributed by atoms with van der Waals surface area (Å²) in [6.45, 7) is 6.30. The van der Waals surface area contributed by atoms with Crippen molar-refractivity contribution >= 4 is 10.8 Å². The molecule has 0 amide bonds. The van der Waals surface area contributed by atoms with Crippen LogP contribution < -0.4 is 16.0 Å². The first kappa shape index (κ1) is 16.2. The molecule has 5 heteroatoms. The van der Waals surface area contributed by atoms with E-state index in [4.69, 9.17) is 10.5 Å². The highest BCUT2D eigenvalue weighted by atomic mass is 19.1. The minimum atomic E-state index is -0.159. The third kappa shape index (κ3) is 3.54. The van der Waals surface area contributed by atoms with Gasteiger partial charge in [-0.2, -0.15) is 0 Å². The zero-order valence-corrected chi connectivity index (χ0v) is 13.1. The molecular weight excluding hydrogens is 283 g/mol. The van der Waals surface area contributed by atoms with Crippen LogP contribution in [0.1, 0.15) is 26.5 Å². The number of fused-ring (bicyclic) bond motifs is 1. The van der Waals surface area contributed by atoms with Gasteiger partial charge in [0.15, 0.2) is 0 Å². The zero-order chi connectivity index (χ0) is 16.3. The van der Waals surface area contributed by atoms with Crippen molar-refractivity contribution in [3.05, 3.63) is 52.2 Å². The molecule has 0 fully saturated rings. The second-order valence-electron chi connectivity index (χ2n) is 6.27. The number of aromatic nitrogens is 1. The van der Waals surface area contributed by atoms with Gasteiger partial charge in [-0.3, -0.25) is 4.79 Å². The first-order valence-electron chi connectivity index (χ1n) is 7.13. The molecule has 0 atom stereocenters. The number of ether oxygens (including phenoxy) is 1. The minimum Gasteiger partial charge on any atom is -0.489 e. The molecule has 22 heavy (non-hydrogen) atoms. The van der Waals surface area contributed by atoms with Crippen LogP contribution in [0, 0.1) is 0 Å². The number of nitrogens with two attached hydrogens (primary N) is 1. The zero-order valence-electron chi connectivity index (χ0n) is 13.1. The van der Waals surface area contributed by atoms with Crippen molar-refractivity contribution in [2.45, 2.75) is 26.2 Å². The molecule has 118 valence electrons. The van der Waals surface area contributed by atoms with Crippen LogP contribution in [0.5, 0.6) is 5.75 Å². The fourth-order valence-electron chi connectivity index (χ4n) is 2.05. The van der Waals surface area contributed by atoms with Crippen LogP contribution in [0.3, 0.4) is 0 Å². The Hall–Kier alpha value is -2.14. The number of rotatable bonds is 4. The number of nitrogens with one attached hydrogen (secondary N) is 1. The molecule has 0 saturated carbocycles. The monoisotopic (exact) mass is 304 g/mol. The molecule has 0 bridgehead atoms. The topological polar surface area (TPSA) is 68.1 Å². The maximum Gasteiger partial charge on any atom is 0.256 e. The highest BCUT2D eigenvalue weighted by Crippen LogP contribution is 2.24. The van der Waals surface area contributed by atoms with Crippen LogP contribution in [0.2, 0.25) is 0 Å². The molecular formula is C17H21FN2O2. The summed E-state index contributed by atoms with van der Waals surface area (Å²) in [4.78, 5) is 15.1. The Balaban J connectivity index is 2.38. The summed E-state index contributed by atoms with van der Waals surface area (Å²) in [5.41, 5.74) is 6.34. The molecule has 0 aliphatic carbocycles. The molecule has 2 aromatic rings. The molecule has 3 N–H and O–H groups in total. The Kier molecular flexibility index (Phi) is 4.66. The summed E-state index contributed by atoms with van der Waals surface area (Å²) in [7, 11) is 0. The molecule has 0 aliphatic rings. The summed E-state index contributed by atoms with van der Waals surface area (Å²) < 4.78 is 18.0. The molecule has 1 heterocycles. The molecule has 2 rings (SSSR count). The summed E-state index contributed by atoms with van der Waals surface area (Å²) in [5.74, 6) is 0.575. The van der Waals surface area contributed by atoms with E-state index in [-0.39, 0.29) is 24.1 Å². The van der Waals surface area contributed by atoms with Crippen molar-refractivity contribution in [2.24, 2.45) is 5.73 Å². The molecule has 4 nitrogen and oxygen atoms in total. The summed E-state index contributed by atoms with van der Waals surface area (Å²) in [6, 6.07) is 7.13. The van der Waals surface area contributed by atoms with Gasteiger partial charge < -0.3 is 15.5 Å². The van der Waals surface area contributed by atoms with Gasteiger partial charge in [-0.15, -0.1) is 0 Å². The molecule has 1 aromatic heterocycles. The Morgan fingerprint density at radius 2 is 2.09 bits per heavy atom. The minimum absolute atomic E-state index is 0.0911. The molecule has 0 radical (unpaired) electrons. The lowest BCUT2D eigenvalue weighted by Gasteiger charge is -2.19. The van der Waals surface area contributed by atoms with E-state index >= 15 is 0 Å². The lowest BCUT2D eigenvalue weighted by atomic mass is 9.90. The van der Waals surface area contributed by atoms with E-state index in [0.29, 0.717) is 23.0 Å². The van der Waals surface area contributed by atoms with Crippen molar-refractivity contribution in [2.75, 3.05) is 13.2 Å². The van der Waals surface area contributed by atoms with Gasteiger partial charge >= 0.3 is 0 Å². The van der Waals surface area contributed by atoms with E-state index in [1.807, 2.05) is 26.8 Å². The van der Waals surface area contributed by atoms with Crippen molar-refractivity contribution in [1.82, 2.24) is 4.98 Å². The second-order valence-corrected chi connectivity index (χ2v) is 6.27. The van der Waals surface area contributed by atoms with Crippen LogP contribution in [0.25, 0.3) is 10.8 Å². The predicted octanol–water partition coefficient (Wildman–Crippen LogP) is 3.02. The quantitative estimate of drug-likeness (QED) is 0.912. The van der Waals surface area contributed by atoms with Gasteiger partial charge in [0.05, 0.1) is 6.33 Å². The number of H-pyrrole nitrogens is 1. The van der Waals surface area contributed by atoms with E-state index in [1.165, 1.54) is 0 Å². The van der Waals surface area contributed by atoms with E-state index < -0.39 is 0 Å². The van der Waals surface area contributed by atoms with Crippen LogP contribution in [-0.4, -0.2) is 18.1 Å². The Morgan fingerprint density at radius 1 is 1.36 bits per heavy atom. The van der Waals surface area contributed by atoms with Crippen LogP contribution >= 0.6 is 0 Å². The lowest BCUT2D eigenvalue weighted by molar-refractivity contribution is 0.348.